The third-order valence-electron chi connectivity index (χ3n) is 2.88. The van der Waals surface area contributed by atoms with Gasteiger partial charge in [0.1, 0.15) is 18.2 Å². The maximum atomic E-state index is 9.98. The second kappa shape index (κ2) is 7.25. The first-order chi connectivity index (χ1) is 9.00. The zero-order chi connectivity index (χ0) is 14.3. The van der Waals surface area contributed by atoms with Crippen molar-refractivity contribution in [1.29, 1.82) is 0 Å². The van der Waals surface area contributed by atoms with Crippen molar-refractivity contribution in [2.24, 2.45) is 0 Å². The van der Waals surface area contributed by atoms with E-state index in [-0.39, 0.29) is 0 Å². The number of aliphatic hydroxyl groups is 1. The molecule has 1 aromatic heterocycles. The maximum Gasteiger partial charge on any atom is 0.158 e. The summed E-state index contributed by atoms with van der Waals surface area (Å²) >= 11 is 0. The van der Waals surface area contributed by atoms with Crippen LogP contribution >= 0.6 is 0 Å². The van der Waals surface area contributed by atoms with Crippen molar-refractivity contribution in [2.45, 2.75) is 39.4 Å². The zero-order valence-electron chi connectivity index (χ0n) is 12.2. The van der Waals surface area contributed by atoms with Gasteiger partial charge in [-0.2, -0.15) is 0 Å². The van der Waals surface area contributed by atoms with E-state index >= 15 is 0 Å². The molecule has 0 amide bonds. The van der Waals surface area contributed by atoms with Gasteiger partial charge in [0.25, 0.3) is 0 Å². The molecule has 0 aliphatic carbocycles. The van der Waals surface area contributed by atoms with Crippen molar-refractivity contribution in [3.05, 3.63) is 11.9 Å². The highest BCUT2D eigenvalue weighted by molar-refractivity contribution is 5.47. The fourth-order valence-corrected chi connectivity index (χ4v) is 1.38. The summed E-state index contributed by atoms with van der Waals surface area (Å²) in [5.74, 6) is 2.03. The van der Waals surface area contributed by atoms with Crippen LogP contribution in [-0.2, 0) is 11.3 Å². The van der Waals surface area contributed by atoms with E-state index in [1.165, 1.54) is 0 Å². The van der Waals surface area contributed by atoms with Crippen molar-refractivity contribution in [3.8, 4) is 0 Å². The van der Waals surface area contributed by atoms with Crippen LogP contribution in [0.2, 0.25) is 0 Å². The van der Waals surface area contributed by atoms with Gasteiger partial charge in [0.15, 0.2) is 5.82 Å². The molecule has 108 valence electrons. The number of anilines is 2. The summed E-state index contributed by atoms with van der Waals surface area (Å²) in [6.45, 7) is 7.12. The predicted octanol–water partition coefficient (Wildman–Crippen LogP) is 1.63. The molecule has 0 aliphatic rings. The molecule has 1 unspecified atom stereocenters. The van der Waals surface area contributed by atoms with Crippen molar-refractivity contribution < 1.29 is 9.84 Å². The summed E-state index contributed by atoms with van der Waals surface area (Å²) in [7, 11) is 1.80. The van der Waals surface area contributed by atoms with Crippen molar-refractivity contribution in [1.82, 2.24) is 9.97 Å². The van der Waals surface area contributed by atoms with Gasteiger partial charge >= 0.3 is 0 Å². The van der Waals surface area contributed by atoms with Crippen molar-refractivity contribution in [2.75, 3.05) is 30.8 Å². The minimum atomic E-state index is -0.745. The highest BCUT2D eigenvalue weighted by Crippen LogP contribution is 2.14. The van der Waals surface area contributed by atoms with Crippen LogP contribution in [0.1, 0.15) is 33.0 Å². The van der Waals surface area contributed by atoms with Gasteiger partial charge in [-0.25, -0.2) is 9.97 Å². The molecule has 1 aromatic rings. The second-order valence-corrected chi connectivity index (χ2v) is 4.65. The smallest absolute Gasteiger partial charge is 0.158 e. The van der Waals surface area contributed by atoms with Crippen LogP contribution in [0.4, 0.5) is 11.6 Å². The van der Waals surface area contributed by atoms with E-state index < -0.39 is 5.60 Å². The SMILES string of the molecule is CCOCc1nc(NC)cc(NCC(C)(O)CC)n1. The van der Waals surface area contributed by atoms with Gasteiger partial charge in [0, 0.05) is 26.3 Å². The van der Waals surface area contributed by atoms with Crippen molar-refractivity contribution in [3.63, 3.8) is 0 Å². The molecule has 0 radical (unpaired) electrons. The predicted molar refractivity (Wildman–Crippen MR) is 76.3 cm³/mol. The van der Waals surface area contributed by atoms with E-state index in [2.05, 4.69) is 20.6 Å². The quantitative estimate of drug-likeness (QED) is 0.665. The van der Waals surface area contributed by atoms with E-state index in [4.69, 9.17) is 4.74 Å². The third kappa shape index (κ3) is 5.40. The van der Waals surface area contributed by atoms with Crippen LogP contribution in [0.5, 0.6) is 0 Å². The summed E-state index contributed by atoms with van der Waals surface area (Å²) in [4.78, 5) is 8.66. The van der Waals surface area contributed by atoms with Crippen molar-refractivity contribution >= 4 is 11.6 Å². The molecule has 3 N–H and O–H groups in total. The molecule has 6 nitrogen and oxygen atoms in total. The molecular formula is C13H24N4O2. The summed E-state index contributed by atoms with van der Waals surface area (Å²) in [5, 5.41) is 16.1. The fraction of sp³-hybridized carbons (Fsp3) is 0.692. The van der Waals surface area contributed by atoms with Crippen LogP contribution in [-0.4, -0.2) is 40.9 Å². The van der Waals surface area contributed by atoms with Gasteiger partial charge in [-0.3, -0.25) is 0 Å². The number of nitrogens with one attached hydrogen (secondary N) is 2. The molecule has 0 aliphatic heterocycles. The number of ether oxygens (including phenoxy) is 1. The Morgan fingerprint density at radius 3 is 2.58 bits per heavy atom. The van der Waals surface area contributed by atoms with Crippen LogP contribution in [0.15, 0.2) is 6.07 Å². The molecule has 19 heavy (non-hydrogen) atoms. The van der Waals surface area contributed by atoms with Crippen LogP contribution in [0.25, 0.3) is 0 Å². The lowest BCUT2D eigenvalue weighted by atomic mass is 10.0. The molecule has 1 heterocycles. The average Bonchev–Trinajstić information content (AvgIpc) is 2.42. The molecule has 0 saturated heterocycles. The minimum absolute atomic E-state index is 0.380. The lowest BCUT2D eigenvalue weighted by Gasteiger charge is -2.22. The lowest BCUT2D eigenvalue weighted by Crippen LogP contribution is -2.32. The second-order valence-electron chi connectivity index (χ2n) is 4.65. The van der Waals surface area contributed by atoms with E-state index in [0.717, 1.165) is 5.82 Å². The van der Waals surface area contributed by atoms with Gasteiger partial charge < -0.3 is 20.5 Å². The van der Waals surface area contributed by atoms with Crippen LogP contribution < -0.4 is 10.6 Å². The molecule has 0 spiro atoms. The Hall–Kier alpha value is -1.40. The van der Waals surface area contributed by atoms with Crippen LogP contribution in [0.3, 0.4) is 0 Å². The minimum Gasteiger partial charge on any atom is -0.388 e. The molecular weight excluding hydrogens is 244 g/mol. The van der Waals surface area contributed by atoms with Crippen LogP contribution in [0, 0.1) is 0 Å². The molecule has 6 heteroatoms. The Balaban J connectivity index is 2.76. The summed E-state index contributed by atoms with van der Waals surface area (Å²) in [6, 6.07) is 1.81. The zero-order valence-corrected chi connectivity index (χ0v) is 12.2. The number of aromatic nitrogens is 2. The Labute approximate surface area is 114 Å². The lowest BCUT2D eigenvalue weighted by molar-refractivity contribution is 0.0696. The van der Waals surface area contributed by atoms with E-state index in [0.29, 0.717) is 37.8 Å². The molecule has 0 fully saturated rings. The molecule has 1 rings (SSSR count). The van der Waals surface area contributed by atoms with E-state index in [1.807, 2.05) is 13.8 Å². The molecule has 1 atom stereocenters. The number of hydrogen-bond donors (Lipinski definition) is 3. The largest absolute Gasteiger partial charge is 0.388 e. The number of nitrogens with zero attached hydrogens (tertiary/aromatic N) is 2. The van der Waals surface area contributed by atoms with Gasteiger partial charge in [-0.05, 0) is 20.3 Å². The average molecular weight is 268 g/mol. The summed E-state index contributed by atoms with van der Waals surface area (Å²) < 4.78 is 5.31. The Kier molecular flexibility index (Phi) is 5.98. The first kappa shape index (κ1) is 15.7. The molecule has 0 bridgehead atoms. The number of hydrogen-bond acceptors (Lipinski definition) is 6. The highest BCUT2D eigenvalue weighted by Gasteiger charge is 2.17. The maximum absolute atomic E-state index is 9.98. The number of rotatable bonds is 8. The third-order valence-corrected chi connectivity index (χ3v) is 2.88. The normalized spacial score (nSPS) is 13.9. The standard InChI is InChI=1S/C13H24N4O2/c1-5-13(3,18)9-15-11-7-10(14-4)16-12(17-11)8-19-6-2/h7,18H,5-6,8-9H2,1-4H3,(H2,14,15,16,17). The molecule has 0 aromatic carbocycles. The summed E-state index contributed by atoms with van der Waals surface area (Å²) in [6.07, 6.45) is 0.676. The molecule has 0 saturated carbocycles. The monoisotopic (exact) mass is 268 g/mol. The Morgan fingerprint density at radius 1 is 1.32 bits per heavy atom. The Morgan fingerprint density at radius 2 is 2.00 bits per heavy atom. The van der Waals surface area contributed by atoms with Gasteiger partial charge in [0.2, 0.25) is 0 Å². The van der Waals surface area contributed by atoms with E-state index in [1.54, 1.807) is 20.0 Å². The van der Waals surface area contributed by atoms with Gasteiger partial charge in [-0.15, -0.1) is 0 Å². The topological polar surface area (TPSA) is 79.3 Å². The summed E-state index contributed by atoms with van der Waals surface area (Å²) in [5.41, 5.74) is -0.745. The Bertz CT molecular complexity index is 396. The first-order valence-corrected chi connectivity index (χ1v) is 6.60. The van der Waals surface area contributed by atoms with E-state index in [9.17, 15) is 5.11 Å². The van der Waals surface area contributed by atoms with Gasteiger partial charge in [0.05, 0.1) is 5.60 Å². The highest BCUT2D eigenvalue weighted by atomic mass is 16.5. The van der Waals surface area contributed by atoms with Gasteiger partial charge in [-0.1, -0.05) is 6.92 Å². The first-order valence-electron chi connectivity index (χ1n) is 6.60. The fourth-order valence-electron chi connectivity index (χ4n) is 1.38.